The number of aliphatic hydroxyl groups excluding tert-OH is 1. The molecule has 0 rings (SSSR count). The van der Waals surface area contributed by atoms with Gasteiger partial charge < -0.3 is 5.11 Å². The van der Waals surface area contributed by atoms with Crippen molar-refractivity contribution >= 4 is 7.85 Å². The predicted molar refractivity (Wildman–Crippen MR) is 36.0 cm³/mol. The summed E-state index contributed by atoms with van der Waals surface area (Å²) in [5.41, 5.74) is 0. The third-order valence-electron chi connectivity index (χ3n) is 0.693. The third kappa shape index (κ3) is 5.76. The van der Waals surface area contributed by atoms with Gasteiger partial charge in [-0.15, -0.1) is 0 Å². The maximum absolute atomic E-state index is 8.66. The summed E-state index contributed by atoms with van der Waals surface area (Å²) in [4.78, 5) is 0. The molecule has 2 heteroatoms. The smallest absolute Gasteiger partial charge is 0.0751 e. The quantitative estimate of drug-likeness (QED) is 0.413. The second kappa shape index (κ2) is 3.73. The molecule has 2 atom stereocenters. The van der Waals surface area contributed by atoms with Crippen LogP contribution < -0.4 is 0 Å². The van der Waals surface area contributed by atoms with E-state index < -0.39 is 0 Å². The molecule has 2 radical (unpaired) electrons. The molecule has 1 nitrogen and oxygen atoms in total. The Hall–Kier alpha value is -0.235. The van der Waals surface area contributed by atoms with Gasteiger partial charge in [0.15, 0.2) is 0 Å². The van der Waals surface area contributed by atoms with E-state index in [2.05, 4.69) is 0 Å². The molecule has 0 spiro atoms. The molecule has 0 aliphatic carbocycles. The van der Waals surface area contributed by atoms with Crippen molar-refractivity contribution in [3.8, 4) is 0 Å². The Kier molecular flexibility index (Phi) is 3.62. The molecule has 0 fully saturated rings. The first-order valence-electron chi connectivity index (χ1n) is 2.75. The Morgan fingerprint density at radius 1 is 1.38 bits per heavy atom. The van der Waals surface area contributed by atoms with Crippen LogP contribution in [0.3, 0.4) is 0 Å². The molecule has 0 bridgehead atoms. The summed E-state index contributed by atoms with van der Waals surface area (Å²) in [6.45, 7) is 3.55. The van der Waals surface area contributed by atoms with Gasteiger partial charge >= 0.3 is 0 Å². The van der Waals surface area contributed by atoms with Crippen LogP contribution in [-0.2, 0) is 0 Å². The van der Waals surface area contributed by atoms with Gasteiger partial charge in [-0.3, -0.25) is 0 Å². The van der Waals surface area contributed by atoms with Crippen molar-refractivity contribution < 1.29 is 5.11 Å². The van der Waals surface area contributed by atoms with E-state index in [0.29, 0.717) is 0 Å². The van der Waals surface area contributed by atoms with Gasteiger partial charge in [-0.25, -0.2) is 0 Å². The van der Waals surface area contributed by atoms with Crippen molar-refractivity contribution in [1.29, 1.82) is 0 Å². The van der Waals surface area contributed by atoms with E-state index in [1.165, 1.54) is 0 Å². The summed E-state index contributed by atoms with van der Waals surface area (Å²) in [7, 11) is 5.34. The predicted octanol–water partition coefficient (Wildman–Crippen LogP) is 0.900. The summed E-state index contributed by atoms with van der Waals surface area (Å²) < 4.78 is 0. The van der Waals surface area contributed by atoms with Crippen LogP contribution in [0.5, 0.6) is 0 Å². The molecule has 0 aromatic heterocycles. The zero-order valence-corrected chi connectivity index (χ0v) is 5.33. The first-order chi connectivity index (χ1) is 3.63. The molecule has 0 saturated carbocycles. The van der Waals surface area contributed by atoms with Gasteiger partial charge in [0, 0.05) is 0 Å². The van der Waals surface area contributed by atoms with E-state index in [1.807, 2.05) is 6.92 Å². The van der Waals surface area contributed by atoms with Gasteiger partial charge in [-0.05, 0) is 6.92 Å². The molecular formula is C6H11BO. The molecule has 0 aliphatic heterocycles. The number of hydrogen-bond donors (Lipinski definition) is 1. The fraction of sp³-hybridized carbons (Fsp3) is 0.667. The van der Waals surface area contributed by atoms with Gasteiger partial charge in [0.25, 0.3) is 0 Å². The lowest BCUT2D eigenvalue weighted by atomic mass is 9.89. The lowest BCUT2D eigenvalue weighted by molar-refractivity contribution is 0.244. The summed E-state index contributed by atoms with van der Waals surface area (Å²) >= 11 is 0. The minimum atomic E-state index is -0.374. The van der Waals surface area contributed by atoms with Crippen LogP contribution in [0.4, 0.5) is 0 Å². The molecule has 2 unspecified atom stereocenters. The van der Waals surface area contributed by atoms with Crippen molar-refractivity contribution in [3.05, 3.63) is 12.2 Å². The van der Waals surface area contributed by atoms with Gasteiger partial charge in [-0.2, -0.15) is 0 Å². The minimum absolute atomic E-state index is 0.0459. The Morgan fingerprint density at radius 3 is 2.00 bits per heavy atom. The molecule has 0 saturated heterocycles. The topological polar surface area (TPSA) is 20.2 Å². The Labute approximate surface area is 51.8 Å². The van der Waals surface area contributed by atoms with Gasteiger partial charge in [-0.1, -0.05) is 24.9 Å². The van der Waals surface area contributed by atoms with Crippen LogP contribution in [0.15, 0.2) is 12.2 Å². The molecular weight excluding hydrogens is 98.9 g/mol. The lowest BCUT2D eigenvalue weighted by Gasteiger charge is -1.95. The molecule has 0 heterocycles. The van der Waals surface area contributed by atoms with E-state index in [4.69, 9.17) is 13.0 Å². The van der Waals surface area contributed by atoms with Crippen molar-refractivity contribution in [2.75, 3.05) is 0 Å². The van der Waals surface area contributed by atoms with Crippen molar-refractivity contribution in [3.63, 3.8) is 0 Å². The summed E-state index contributed by atoms with van der Waals surface area (Å²) in [6.07, 6.45) is 3.07. The highest BCUT2D eigenvalue weighted by atomic mass is 16.3. The van der Waals surface area contributed by atoms with Gasteiger partial charge in [0.05, 0.1) is 14.0 Å². The molecule has 44 valence electrons. The molecule has 0 aliphatic rings. The second-order valence-corrected chi connectivity index (χ2v) is 1.98. The number of allylic oxidation sites excluding steroid dienone is 1. The average Bonchev–Trinajstić information content (AvgIpc) is 1.61. The summed E-state index contributed by atoms with van der Waals surface area (Å²) in [5, 5.41) is 8.66. The van der Waals surface area contributed by atoms with Crippen LogP contribution in [-0.4, -0.2) is 19.1 Å². The highest BCUT2D eigenvalue weighted by Crippen LogP contribution is 1.97. The van der Waals surface area contributed by atoms with Crippen molar-refractivity contribution in [1.82, 2.24) is 0 Å². The molecule has 1 N–H and O–H groups in total. The van der Waals surface area contributed by atoms with E-state index in [1.54, 1.807) is 19.1 Å². The van der Waals surface area contributed by atoms with Crippen LogP contribution in [0.2, 0.25) is 5.82 Å². The fourth-order valence-corrected chi connectivity index (χ4v) is 0.336. The molecule has 8 heavy (non-hydrogen) atoms. The standard InChI is InChI=1S/C6H11BO/c1-5(7)3-4-6(2)8/h3-6,8H,1-2H3. The van der Waals surface area contributed by atoms with Crippen LogP contribution in [0, 0.1) is 0 Å². The largest absolute Gasteiger partial charge is 0.389 e. The van der Waals surface area contributed by atoms with E-state index in [0.717, 1.165) is 0 Å². The van der Waals surface area contributed by atoms with Crippen LogP contribution >= 0.6 is 0 Å². The SMILES string of the molecule is [B]C(C)C=CC(C)O. The first-order valence-corrected chi connectivity index (χ1v) is 2.75. The Bertz CT molecular complexity index is 66.6. The van der Waals surface area contributed by atoms with E-state index >= 15 is 0 Å². The molecule has 0 aromatic carbocycles. The lowest BCUT2D eigenvalue weighted by Crippen LogP contribution is -1.92. The highest BCUT2D eigenvalue weighted by molar-refractivity contribution is 6.12. The third-order valence-corrected chi connectivity index (χ3v) is 0.693. The zero-order chi connectivity index (χ0) is 6.57. The van der Waals surface area contributed by atoms with Gasteiger partial charge in [0.2, 0.25) is 0 Å². The number of aliphatic hydroxyl groups is 1. The van der Waals surface area contributed by atoms with Crippen molar-refractivity contribution in [2.45, 2.75) is 25.8 Å². The number of rotatable bonds is 2. The maximum Gasteiger partial charge on any atom is 0.0751 e. The zero-order valence-electron chi connectivity index (χ0n) is 5.33. The first kappa shape index (κ1) is 7.76. The normalized spacial score (nSPS) is 18.9. The Balaban J connectivity index is 3.34. The average molecular weight is 110 g/mol. The van der Waals surface area contributed by atoms with Crippen LogP contribution in [0.1, 0.15) is 13.8 Å². The minimum Gasteiger partial charge on any atom is -0.389 e. The molecule has 0 amide bonds. The number of hydrogen-bond acceptors (Lipinski definition) is 1. The highest BCUT2D eigenvalue weighted by Gasteiger charge is 1.86. The van der Waals surface area contributed by atoms with Crippen LogP contribution in [0.25, 0.3) is 0 Å². The molecule has 0 aromatic rings. The van der Waals surface area contributed by atoms with E-state index in [-0.39, 0.29) is 11.9 Å². The Morgan fingerprint density at radius 2 is 1.88 bits per heavy atom. The van der Waals surface area contributed by atoms with Gasteiger partial charge in [0.1, 0.15) is 0 Å². The fourth-order valence-electron chi connectivity index (χ4n) is 0.336. The van der Waals surface area contributed by atoms with Crippen molar-refractivity contribution in [2.24, 2.45) is 0 Å². The summed E-state index contributed by atoms with van der Waals surface area (Å²) in [5.74, 6) is 0.0459. The second-order valence-electron chi connectivity index (χ2n) is 1.98. The summed E-state index contributed by atoms with van der Waals surface area (Å²) in [6, 6.07) is 0. The maximum atomic E-state index is 8.66. The monoisotopic (exact) mass is 110 g/mol. The van der Waals surface area contributed by atoms with E-state index in [9.17, 15) is 0 Å².